The van der Waals surface area contributed by atoms with Crippen molar-refractivity contribution in [3.63, 3.8) is 0 Å². The summed E-state index contributed by atoms with van der Waals surface area (Å²) in [6.07, 6.45) is 2.52. The molecule has 0 bridgehead atoms. The number of carbonyl (C=O) groups is 2. The highest BCUT2D eigenvalue weighted by molar-refractivity contribution is 7.89. The molecule has 2 heterocycles. The molecular formula is C24H21N7O6S. The Kier molecular flexibility index (Phi) is 6.57. The minimum atomic E-state index is -3.80. The summed E-state index contributed by atoms with van der Waals surface area (Å²) in [7, 11) is -3.80. The Morgan fingerprint density at radius 2 is 1.79 bits per heavy atom. The molecule has 14 heteroatoms. The number of aromatic nitrogens is 4. The third-order valence-electron chi connectivity index (χ3n) is 6.08. The number of hydrogen-bond donors (Lipinski definition) is 4. The van der Waals surface area contributed by atoms with E-state index in [0.29, 0.717) is 29.8 Å². The van der Waals surface area contributed by atoms with Crippen molar-refractivity contribution in [2.75, 3.05) is 0 Å². The third kappa shape index (κ3) is 5.35. The van der Waals surface area contributed by atoms with Crippen molar-refractivity contribution >= 4 is 21.8 Å². The molecular weight excluding hydrogens is 514 g/mol. The number of aromatic amines is 1. The number of nitrogens with two attached hydrogens (primary N) is 1. The average Bonchev–Trinajstić information content (AvgIpc) is 3.52. The maximum absolute atomic E-state index is 12.9. The van der Waals surface area contributed by atoms with Crippen LogP contribution in [0.5, 0.6) is 0 Å². The number of rotatable bonds is 7. The lowest BCUT2D eigenvalue weighted by molar-refractivity contribution is 0.0931. The topological polar surface area (TPSA) is 203 Å². The first-order chi connectivity index (χ1) is 18.2. The Labute approximate surface area is 215 Å². The van der Waals surface area contributed by atoms with E-state index in [1.165, 1.54) is 30.3 Å². The van der Waals surface area contributed by atoms with Gasteiger partial charge in [-0.15, -0.1) is 0 Å². The van der Waals surface area contributed by atoms with Crippen LogP contribution in [-0.2, 0) is 23.0 Å². The molecule has 2 amide bonds. The second-order valence-electron chi connectivity index (χ2n) is 8.58. The molecule has 2 aromatic heterocycles. The molecule has 1 aliphatic carbocycles. The van der Waals surface area contributed by atoms with Crippen LogP contribution in [0.1, 0.15) is 50.1 Å². The minimum Gasteiger partial charge on any atom is -0.347 e. The Morgan fingerprint density at radius 1 is 1.05 bits per heavy atom. The molecule has 194 valence electrons. The number of nitrogens with zero attached hydrogens (tertiary/aromatic N) is 3. The van der Waals surface area contributed by atoms with E-state index in [1.54, 1.807) is 6.07 Å². The van der Waals surface area contributed by atoms with E-state index in [2.05, 4.69) is 35.3 Å². The summed E-state index contributed by atoms with van der Waals surface area (Å²) in [6, 6.07) is 12.4. The Balaban J connectivity index is 1.22. The van der Waals surface area contributed by atoms with Gasteiger partial charge in [-0.1, -0.05) is 29.4 Å². The number of sulfonamides is 1. The zero-order valence-corrected chi connectivity index (χ0v) is 20.5. The summed E-state index contributed by atoms with van der Waals surface area (Å²) in [5.74, 6) is -1.29. The van der Waals surface area contributed by atoms with Gasteiger partial charge in [0.15, 0.2) is 5.82 Å². The van der Waals surface area contributed by atoms with Crippen LogP contribution in [0.25, 0.3) is 11.4 Å². The second-order valence-corrected chi connectivity index (χ2v) is 10.1. The van der Waals surface area contributed by atoms with Crippen LogP contribution in [-0.4, -0.2) is 40.3 Å². The molecule has 1 atom stereocenters. The predicted octanol–water partition coefficient (Wildman–Crippen LogP) is 0.815. The van der Waals surface area contributed by atoms with Gasteiger partial charge in [0, 0.05) is 18.2 Å². The van der Waals surface area contributed by atoms with Crippen LogP contribution in [0.4, 0.5) is 0 Å². The first kappa shape index (κ1) is 25.0. The molecule has 4 aromatic rings. The Morgan fingerprint density at radius 3 is 2.47 bits per heavy atom. The lowest BCUT2D eigenvalue weighted by atomic mass is 10.0. The number of fused-ring (bicyclic) bond motifs is 1. The van der Waals surface area contributed by atoms with Gasteiger partial charge >= 0.3 is 5.76 Å². The predicted molar refractivity (Wildman–Crippen MR) is 132 cm³/mol. The first-order valence-electron chi connectivity index (χ1n) is 11.4. The quantitative estimate of drug-likeness (QED) is 0.264. The number of benzene rings is 2. The van der Waals surface area contributed by atoms with Gasteiger partial charge in [0.1, 0.15) is 17.7 Å². The molecule has 0 fully saturated rings. The molecule has 38 heavy (non-hydrogen) atoms. The molecule has 0 spiro atoms. The van der Waals surface area contributed by atoms with Gasteiger partial charge in [-0.25, -0.2) is 28.3 Å². The van der Waals surface area contributed by atoms with Crippen molar-refractivity contribution < 1.29 is 22.5 Å². The lowest BCUT2D eigenvalue weighted by Crippen LogP contribution is -2.29. The number of aryl methyl sites for hydroxylation is 1. The van der Waals surface area contributed by atoms with Gasteiger partial charge in [0.25, 0.3) is 11.8 Å². The molecule has 2 aromatic carbocycles. The highest BCUT2D eigenvalue weighted by atomic mass is 32.2. The van der Waals surface area contributed by atoms with Crippen molar-refractivity contribution in [1.82, 2.24) is 30.7 Å². The maximum atomic E-state index is 12.9. The number of hydrogen-bond acceptors (Lipinski definition) is 9. The second kappa shape index (κ2) is 9.99. The zero-order chi connectivity index (χ0) is 26.9. The van der Waals surface area contributed by atoms with Gasteiger partial charge in [0.05, 0.1) is 10.9 Å². The van der Waals surface area contributed by atoms with E-state index in [9.17, 15) is 22.8 Å². The van der Waals surface area contributed by atoms with Crippen molar-refractivity contribution in [2.45, 2.75) is 30.3 Å². The van der Waals surface area contributed by atoms with Crippen molar-refractivity contribution in [1.29, 1.82) is 0 Å². The Hall–Kier alpha value is -4.69. The molecule has 0 unspecified atom stereocenters. The summed E-state index contributed by atoms with van der Waals surface area (Å²) < 4.78 is 27.3. The minimum absolute atomic E-state index is 0.00405. The summed E-state index contributed by atoms with van der Waals surface area (Å²) >= 11 is 0. The van der Waals surface area contributed by atoms with E-state index in [-0.39, 0.29) is 28.9 Å². The van der Waals surface area contributed by atoms with Gasteiger partial charge in [-0.05, 0) is 47.7 Å². The third-order valence-corrected chi connectivity index (χ3v) is 7.01. The van der Waals surface area contributed by atoms with Gasteiger partial charge in [-0.3, -0.25) is 19.1 Å². The molecule has 13 nitrogen and oxygen atoms in total. The van der Waals surface area contributed by atoms with E-state index in [4.69, 9.17) is 5.14 Å². The van der Waals surface area contributed by atoms with Crippen molar-refractivity contribution in [3.8, 4) is 11.4 Å². The zero-order valence-electron chi connectivity index (χ0n) is 19.7. The molecule has 0 radical (unpaired) electrons. The van der Waals surface area contributed by atoms with E-state index < -0.39 is 27.6 Å². The van der Waals surface area contributed by atoms with Crippen LogP contribution in [0.15, 0.2) is 69.1 Å². The number of H-pyrrole nitrogens is 1. The van der Waals surface area contributed by atoms with Gasteiger partial charge in [0.2, 0.25) is 10.0 Å². The molecule has 1 aliphatic rings. The summed E-state index contributed by atoms with van der Waals surface area (Å²) in [4.78, 5) is 47.2. The molecule has 0 aliphatic heterocycles. The standard InChI is InChI=1S/C24H21N7O6S/c25-38(35,36)16-5-1-13(2-6-16)11-26-22(32)19-10-20(28-12-27-19)23(33)29-18-8-4-14-9-15(3-7-17(14)18)21-30-24(34)37-31-21/h1-3,5-7,9-10,12,18H,4,8,11H2,(H,26,32)(H,29,33)(H2,25,35,36)(H,30,31,34)/t18-/m0/s1. The summed E-state index contributed by atoms with van der Waals surface area (Å²) in [6.45, 7) is 0.109. The number of carbonyl (C=O) groups excluding carboxylic acids is 2. The van der Waals surface area contributed by atoms with Crippen LogP contribution >= 0.6 is 0 Å². The summed E-state index contributed by atoms with van der Waals surface area (Å²) in [5, 5.41) is 14.4. The SMILES string of the molecule is NS(=O)(=O)c1ccc(CNC(=O)c2cc(C(=O)N[C@H]3CCc4cc(-c5noc(=O)[nH]5)ccc43)ncn2)cc1. The van der Waals surface area contributed by atoms with E-state index in [0.717, 1.165) is 17.5 Å². The van der Waals surface area contributed by atoms with Crippen LogP contribution < -0.4 is 21.5 Å². The van der Waals surface area contributed by atoms with E-state index >= 15 is 0 Å². The fourth-order valence-corrected chi connectivity index (χ4v) is 4.69. The first-order valence-corrected chi connectivity index (χ1v) is 12.9. The fraction of sp³-hybridized carbons (Fsp3) is 0.167. The highest BCUT2D eigenvalue weighted by Crippen LogP contribution is 2.33. The number of nitrogens with one attached hydrogen (secondary N) is 3. The van der Waals surface area contributed by atoms with Crippen LogP contribution in [0.3, 0.4) is 0 Å². The fourth-order valence-electron chi connectivity index (χ4n) is 4.18. The highest BCUT2D eigenvalue weighted by Gasteiger charge is 2.26. The molecule has 0 saturated heterocycles. The largest absolute Gasteiger partial charge is 0.439 e. The summed E-state index contributed by atoms with van der Waals surface area (Å²) in [5.41, 5.74) is 3.34. The van der Waals surface area contributed by atoms with Crippen LogP contribution in [0.2, 0.25) is 0 Å². The molecule has 0 saturated carbocycles. The van der Waals surface area contributed by atoms with Gasteiger partial charge in [-0.2, -0.15) is 0 Å². The smallest absolute Gasteiger partial charge is 0.347 e. The molecule has 5 rings (SSSR count). The maximum Gasteiger partial charge on any atom is 0.439 e. The van der Waals surface area contributed by atoms with Gasteiger partial charge < -0.3 is 10.6 Å². The van der Waals surface area contributed by atoms with Crippen molar-refractivity contribution in [2.24, 2.45) is 5.14 Å². The monoisotopic (exact) mass is 535 g/mol. The average molecular weight is 536 g/mol. The number of primary sulfonamides is 1. The normalized spacial score (nSPS) is 14.6. The Bertz CT molecular complexity index is 1700. The number of amides is 2. The van der Waals surface area contributed by atoms with Crippen molar-refractivity contribution in [3.05, 3.63) is 93.5 Å². The van der Waals surface area contributed by atoms with E-state index in [1.807, 2.05) is 12.1 Å². The lowest BCUT2D eigenvalue weighted by Gasteiger charge is -2.14. The molecule has 5 N–H and O–H groups in total. The van der Waals surface area contributed by atoms with Crippen LogP contribution in [0, 0.1) is 0 Å².